The minimum absolute atomic E-state index is 0.146. The van der Waals surface area contributed by atoms with Crippen LogP contribution in [0.5, 0.6) is 0 Å². The number of hydrogen-bond donors (Lipinski definition) is 0. The highest BCUT2D eigenvalue weighted by atomic mass is 16.1. The fourth-order valence-electron chi connectivity index (χ4n) is 1.87. The molecule has 1 aliphatic heterocycles. The third kappa shape index (κ3) is 2.11. The summed E-state index contributed by atoms with van der Waals surface area (Å²) in [7, 11) is 0. The van der Waals surface area contributed by atoms with E-state index in [-0.39, 0.29) is 17.5 Å². The molecule has 0 aromatic carbocycles. The van der Waals surface area contributed by atoms with E-state index in [1.165, 1.54) is 0 Å². The van der Waals surface area contributed by atoms with E-state index in [1.807, 2.05) is 13.8 Å². The van der Waals surface area contributed by atoms with E-state index in [0.29, 0.717) is 5.78 Å². The zero-order valence-corrected chi connectivity index (χ0v) is 9.42. The maximum Gasteiger partial charge on any atom is 0.152 e. The van der Waals surface area contributed by atoms with E-state index in [9.17, 15) is 4.79 Å². The second-order valence-corrected chi connectivity index (χ2v) is 5.23. The Morgan fingerprint density at radius 2 is 1.92 bits per heavy atom. The molecule has 0 aromatic rings. The number of hydrogen-bond acceptors (Lipinski definition) is 2. The number of nitrogens with zero attached hydrogens (tertiary/aromatic N) is 1. The van der Waals surface area contributed by atoms with Crippen molar-refractivity contribution >= 4 is 5.78 Å². The molecule has 0 N–H and O–H groups in total. The number of ketones is 1. The van der Waals surface area contributed by atoms with Crippen LogP contribution in [-0.4, -0.2) is 28.8 Å². The van der Waals surface area contributed by atoms with Gasteiger partial charge in [0.2, 0.25) is 0 Å². The van der Waals surface area contributed by atoms with Crippen molar-refractivity contribution in [2.75, 3.05) is 6.54 Å². The van der Waals surface area contributed by atoms with Gasteiger partial charge in [0.25, 0.3) is 0 Å². The highest BCUT2D eigenvalue weighted by molar-refractivity contribution is 5.86. The van der Waals surface area contributed by atoms with Crippen LogP contribution >= 0.6 is 0 Å². The van der Waals surface area contributed by atoms with Gasteiger partial charge in [0, 0.05) is 18.0 Å². The van der Waals surface area contributed by atoms with E-state index in [0.717, 1.165) is 13.0 Å². The van der Waals surface area contributed by atoms with Crippen LogP contribution in [0, 0.1) is 5.92 Å². The molecule has 1 fully saturated rings. The lowest BCUT2D eigenvalue weighted by Crippen LogP contribution is -2.60. The average Bonchev–Trinajstić information content (AvgIpc) is 1.79. The molecule has 1 saturated heterocycles. The molecule has 2 heteroatoms. The maximum absolute atomic E-state index is 11.7. The average molecular weight is 183 g/mol. The van der Waals surface area contributed by atoms with E-state index in [4.69, 9.17) is 0 Å². The molecule has 1 rings (SSSR count). The summed E-state index contributed by atoms with van der Waals surface area (Å²) in [5.41, 5.74) is 0.146. The Kier molecular flexibility index (Phi) is 2.81. The summed E-state index contributed by atoms with van der Waals surface area (Å²) in [6, 6.07) is 0.194. The molecular weight excluding hydrogens is 162 g/mol. The Bertz CT molecular complexity index is 203. The fraction of sp³-hybridized carbons (Fsp3) is 0.909. The van der Waals surface area contributed by atoms with Crippen molar-refractivity contribution < 1.29 is 4.79 Å². The summed E-state index contributed by atoms with van der Waals surface area (Å²) in [4.78, 5) is 14.0. The summed E-state index contributed by atoms with van der Waals surface area (Å²) in [6.45, 7) is 11.6. The first-order valence-electron chi connectivity index (χ1n) is 5.14. The van der Waals surface area contributed by atoms with Crippen molar-refractivity contribution in [2.24, 2.45) is 5.92 Å². The van der Waals surface area contributed by atoms with Gasteiger partial charge in [0.15, 0.2) is 5.78 Å². The van der Waals surface area contributed by atoms with Crippen LogP contribution in [0.25, 0.3) is 0 Å². The molecule has 0 unspecified atom stereocenters. The molecule has 0 aromatic heterocycles. The standard InChI is InChI=1S/C11H21NO/c1-8(2)10(13)9-6-7-12(9)11(3,4)5/h8-9H,6-7H2,1-5H3/t9-/m0/s1. The molecule has 1 atom stereocenters. The molecule has 0 amide bonds. The highest BCUT2D eigenvalue weighted by Crippen LogP contribution is 2.29. The molecule has 0 saturated carbocycles. The quantitative estimate of drug-likeness (QED) is 0.653. The van der Waals surface area contributed by atoms with Crippen molar-refractivity contribution in [1.29, 1.82) is 0 Å². The van der Waals surface area contributed by atoms with Gasteiger partial charge in [-0.25, -0.2) is 0 Å². The molecular formula is C11H21NO. The van der Waals surface area contributed by atoms with Crippen LogP contribution in [0.4, 0.5) is 0 Å². The first-order chi connectivity index (χ1) is 5.84. The third-order valence-electron chi connectivity index (χ3n) is 2.78. The zero-order chi connectivity index (χ0) is 10.2. The minimum atomic E-state index is 0.146. The summed E-state index contributed by atoms with van der Waals surface area (Å²) in [5, 5.41) is 0. The lowest BCUT2D eigenvalue weighted by molar-refractivity contribution is -0.136. The molecule has 1 aliphatic rings. The van der Waals surface area contributed by atoms with E-state index in [2.05, 4.69) is 25.7 Å². The van der Waals surface area contributed by atoms with E-state index >= 15 is 0 Å². The van der Waals surface area contributed by atoms with Gasteiger partial charge in [-0.2, -0.15) is 0 Å². The SMILES string of the molecule is CC(C)C(=O)[C@@H]1CCN1C(C)(C)C. The number of likely N-dealkylation sites (tertiary alicyclic amines) is 1. The first-order valence-corrected chi connectivity index (χ1v) is 5.14. The van der Waals surface area contributed by atoms with Gasteiger partial charge in [-0.3, -0.25) is 9.69 Å². The molecule has 13 heavy (non-hydrogen) atoms. The first kappa shape index (κ1) is 10.7. The van der Waals surface area contributed by atoms with Gasteiger partial charge in [0.05, 0.1) is 6.04 Å². The second-order valence-electron chi connectivity index (χ2n) is 5.23. The molecule has 0 aliphatic carbocycles. The Balaban J connectivity index is 2.60. The summed E-state index contributed by atoms with van der Waals surface area (Å²) >= 11 is 0. The maximum atomic E-state index is 11.7. The van der Waals surface area contributed by atoms with Crippen LogP contribution in [0.1, 0.15) is 41.0 Å². The molecule has 0 bridgehead atoms. The Morgan fingerprint density at radius 3 is 2.15 bits per heavy atom. The molecule has 1 heterocycles. The van der Waals surface area contributed by atoms with Gasteiger partial charge in [-0.1, -0.05) is 13.8 Å². The predicted molar refractivity (Wildman–Crippen MR) is 54.7 cm³/mol. The van der Waals surface area contributed by atoms with Crippen molar-refractivity contribution in [1.82, 2.24) is 4.90 Å². The molecule has 0 radical (unpaired) electrons. The second kappa shape index (κ2) is 3.41. The molecule has 0 spiro atoms. The topological polar surface area (TPSA) is 20.3 Å². The van der Waals surface area contributed by atoms with Gasteiger partial charge < -0.3 is 0 Å². The minimum Gasteiger partial charge on any atom is -0.298 e. The van der Waals surface area contributed by atoms with Crippen molar-refractivity contribution in [3.63, 3.8) is 0 Å². The number of rotatable bonds is 2. The lowest BCUT2D eigenvalue weighted by Gasteiger charge is -2.49. The largest absolute Gasteiger partial charge is 0.298 e. The highest BCUT2D eigenvalue weighted by Gasteiger charge is 2.40. The number of carbonyl (C=O) groups excluding carboxylic acids is 1. The lowest BCUT2D eigenvalue weighted by atomic mass is 9.87. The summed E-state index contributed by atoms with van der Waals surface area (Å²) in [5.74, 6) is 0.580. The van der Waals surface area contributed by atoms with Crippen LogP contribution in [-0.2, 0) is 4.79 Å². The van der Waals surface area contributed by atoms with Gasteiger partial charge in [-0.05, 0) is 27.2 Å². The fourth-order valence-corrected chi connectivity index (χ4v) is 1.87. The smallest absolute Gasteiger partial charge is 0.152 e. The number of Topliss-reactive ketones (excluding diaryl/α,β-unsaturated/α-hetero) is 1. The summed E-state index contributed by atoms with van der Waals surface area (Å²) in [6.07, 6.45) is 1.05. The van der Waals surface area contributed by atoms with Crippen LogP contribution in [0.2, 0.25) is 0 Å². The van der Waals surface area contributed by atoms with Gasteiger partial charge >= 0.3 is 0 Å². The third-order valence-corrected chi connectivity index (χ3v) is 2.78. The van der Waals surface area contributed by atoms with E-state index in [1.54, 1.807) is 0 Å². The normalized spacial score (nSPS) is 24.6. The van der Waals surface area contributed by atoms with E-state index < -0.39 is 0 Å². The molecule has 2 nitrogen and oxygen atoms in total. The predicted octanol–water partition coefficient (Wildman–Crippen LogP) is 2.08. The van der Waals surface area contributed by atoms with Crippen LogP contribution < -0.4 is 0 Å². The Labute approximate surface area is 81.3 Å². The van der Waals surface area contributed by atoms with Crippen molar-refractivity contribution in [3.8, 4) is 0 Å². The number of carbonyl (C=O) groups is 1. The van der Waals surface area contributed by atoms with Crippen molar-refractivity contribution in [3.05, 3.63) is 0 Å². The Hall–Kier alpha value is -0.370. The van der Waals surface area contributed by atoms with Gasteiger partial charge in [-0.15, -0.1) is 0 Å². The van der Waals surface area contributed by atoms with Gasteiger partial charge in [0.1, 0.15) is 0 Å². The van der Waals surface area contributed by atoms with Crippen molar-refractivity contribution in [2.45, 2.75) is 52.6 Å². The van der Waals surface area contributed by atoms with Crippen LogP contribution in [0.3, 0.4) is 0 Å². The molecule has 76 valence electrons. The Morgan fingerprint density at radius 1 is 1.38 bits per heavy atom. The monoisotopic (exact) mass is 183 g/mol. The zero-order valence-electron chi connectivity index (χ0n) is 9.42. The van der Waals surface area contributed by atoms with Crippen LogP contribution in [0.15, 0.2) is 0 Å². The summed E-state index contributed by atoms with van der Waals surface area (Å²) < 4.78 is 0.